The topological polar surface area (TPSA) is 34.1 Å². The van der Waals surface area contributed by atoms with Crippen molar-refractivity contribution in [2.45, 2.75) is 39.8 Å². The van der Waals surface area contributed by atoms with Crippen molar-refractivity contribution in [3.63, 3.8) is 0 Å². The second-order valence-electron chi connectivity index (χ2n) is 4.79. The molecule has 20 heavy (non-hydrogen) atoms. The van der Waals surface area contributed by atoms with Gasteiger partial charge in [0.05, 0.1) is 12.3 Å². The van der Waals surface area contributed by atoms with E-state index >= 15 is 0 Å². The first kappa shape index (κ1) is 15.0. The summed E-state index contributed by atoms with van der Waals surface area (Å²) in [6.07, 6.45) is 1.13. The number of benzene rings is 1. The van der Waals surface area contributed by atoms with E-state index in [4.69, 9.17) is 4.74 Å². The summed E-state index contributed by atoms with van der Waals surface area (Å²) in [6.45, 7) is 7.90. The molecule has 0 spiro atoms. The fourth-order valence-electron chi connectivity index (χ4n) is 1.80. The van der Waals surface area contributed by atoms with Gasteiger partial charge in [0.1, 0.15) is 10.8 Å². The summed E-state index contributed by atoms with van der Waals surface area (Å²) >= 11 is 1.69. The maximum atomic E-state index is 5.45. The molecule has 1 aromatic heterocycles. The summed E-state index contributed by atoms with van der Waals surface area (Å²) in [5, 5.41) is 6.65. The van der Waals surface area contributed by atoms with Crippen LogP contribution < -0.4 is 10.1 Å². The van der Waals surface area contributed by atoms with Crippen molar-refractivity contribution >= 4 is 11.3 Å². The number of nitrogens with zero attached hydrogens (tertiary/aromatic N) is 1. The van der Waals surface area contributed by atoms with Crippen LogP contribution in [0.15, 0.2) is 29.6 Å². The predicted molar refractivity (Wildman–Crippen MR) is 85.3 cm³/mol. The summed E-state index contributed by atoms with van der Waals surface area (Å²) in [5.74, 6) is 0.909. The molecule has 2 rings (SSSR count). The van der Waals surface area contributed by atoms with Crippen molar-refractivity contribution in [3.05, 3.63) is 35.3 Å². The molecular formula is C16H22N2OS. The molecule has 0 aliphatic rings. The Morgan fingerprint density at radius 2 is 2.00 bits per heavy atom. The number of hydrogen-bond donors (Lipinski definition) is 1. The van der Waals surface area contributed by atoms with Gasteiger partial charge >= 0.3 is 0 Å². The van der Waals surface area contributed by atoms with E-state index in [2.05, 4.69) is 41.7 Å². The predicted octanol–water partition coefficient (Wildman–Crippen LogP) is 4.10. The molecule has 2 aromatic rings. The standard InChI is InChI=1S/C16H22N2OS/c1-4-12(3)17-10-14-11-20-16(18-14)13-6-8-15(9-7-13)19-5-2/h6-9,11-12,17H,4-5,10H2,1-3H3. The number of hydrogen-bond acceptors (Lipinski definition) is 4. The Kier molecular flexibility index (Phi) is 5.56. The van der Waals surface area contributed by atoms with Crippen LogP contribution in [0.5, 0.6) is 5.75 Å². The first-order valence-corrected chi connectivity index (χ1v) is 8.02. The van der Waals surface area contributed by atoms with E-state index in [1.807, 2.05) is 19.1 Å². The first-order chi connectivity index (χ1) is 9.72. The molecular weight excluding hydrogens is 268 g/mol. The highest BCUT2D eigenvalue weighted by Gasteiger charge is 2.06. The van der Waals surface area contributed by atoms with E-state index in [-0.39, 0.29) is 0 Å². The highest BCUT2D eigenvalue weighted by Crippen LogP contribution is 2.25. The average molecular weight is 290 g/mol. The summed E-state index contributed by atoms with van der Waals surface area (Å²) in [6, 6.07) is 8.66. The molecule has 4 heteroatoms. The largest absolute Gasteiger partial charge is 0.494 e. The Balaban J connectivity index is 2.00. The number of nitrogens with one attached hydrogen (secondary N) is 1. The molecule has 0 saturated carbocycles. The molecule has 0 aliphatic heterocycles. The molecule has 1 N–H and O–H groups in total. The third-order valence-corrected chi connectivity index (χ3v) is 4.15. The van der Waals surface area contributed by atoms with Crippen molar-refractivity contribution < 1.29 is 4.74 Å². The zero-order valence-electron chi connectivity index (χ0n) is 12.3. The smallest absolute Gasteiger partial charge is 0.123 e. The molecule has 0 aliphatic carbocycles. The van der Waals surface area contributed by atoms with Gasteiger partial charge in [-0.05, 0) is 44.5 Å². The van der Waals surface area contributed by atoms with Crippen molar-refractivity contribution in [1.29, 1.82) is 0 Å². The lowest BCUT2D eigenvalue weighted by molar-refractivity contribution is 0.340. The zero-order chi connectivity index (χ0) is 14.4. The third kappa shape index (κ3) is 4.05. The Morgan fingerprint density at radius 1 is 1.25 bits per heavy atom. The van der Waals surface area contributed by atoms with Gasteiger partial charge in [0.25, 0.3) is 0 Å². The van der Waals surface area contributed by atoms with E-state index in [0.29, 0.717) is 12.6 Å². The minimum absolute atomic E-state index is 0.533. The van der Waals surface area contributed by atoms with Gasteiger partial charge in [0, 0.05) is 23.5 Å². The summed E-state index contributed by atoms with van der Waals surface area (Å²) < 4.78 is 5.45. The summed E-state index contributed by atoms with van der Waals surface area (Å²) in [5.41, 5.74) is 2.26. The van der Waals surface area contributed by atoms with E-state index in [9.17, 15) is 0 Å². The van der Waals surface area contributed by atoms with Crippen LogP contribution in [0.2, 0.25) is 0 Å². The molecule has 3 nitrogen and oxygen atoms in total. The van der Waals surface area contributed by atoms with Crippen molar-refractivity contribution in [2.75, 3.05) is 6.61 Å². The molecule has 1 unspecified atom stereocenters. The fourth-order valence-corrected chi connectivity index (χ4v) is 2.63. The minimum atomic E-state index is 0.533. The lowest BCUT2D eigenvalue weighted by atomic mass is 10.2. The number of ether oxygens (including phenoxy) is 1. The number of aromatic nitrogens is 1. The molecule has 108 valence electrons. The maximum absolute atomic E-state index is 5.45. The van der Waals surface area contributed by atoms with Gasteiger partial charge in [-0.1, -0.05) is 6.92 Å². The van der Waals surface area contributed by atoms with Crippen LogP contribution in [-0.4, -0.2) is 17.6 Å². The average Bonchev–Trinajstić information content (AvgIpc) is 2.95. The van der Waals surface area contributed by atoms with Crippen LogP contribution in [0, 0.1) is 0 Å². The van der Waals surface area contributed by atoms with Crippen molar-refractivity contribution in [1.82, 2.24) is 10.3 Å². The van der Waals surface area contributed by atoms with Crippen LogP contribution in [0.1, 0.15) is 32.9 Å². The summed E-state index contributed by atoms with van der Waals surface area (Å²) in [7, 11) is 0. The molecule has 0 amide bonds. The normalized spacial score (nSPS) is 12.3. The highest BCUT2D eigenvalue weighted by atomic mass is 32.1. The second-order valence-corrected chi connectivity index (χ2v) is 5.65. The van der Waals surface area contributed by atoms with Gasteiger partial charge in [-0.25, -0.2) is 4.98 Å². The van der Waals surface area contributed by atoms with Gasteiger partial charge in [-0.3, -0.25) is 0 Å². The van der Waals surface area contributed by atoms with Crippen LogP contribution in [-0.2, 0) is 6.54 Å². The maximum Gasteiger partial charge on any atom is 0.123 e. The highest BCUT2D eigenvalue weighted by molar-refractivity contribution is 7.13. The van der Waals surface area contributed by atoms with Crippen molar-refractivity contribution in [3.8, 4) is 16.3 Å². The quantitative estimate of drug-likeness (QED) is 0.833. The Hall–Kier alpha value is -1.39. The van der Waals surface area contributed by atoms with Gasteiger partial charge in [-0.15, -0.1) is 11.3 Å². The Labute approximate surface area is 125 Å². The number of thiazole rings is 1. The van der Waals surface area contributed by atoms with E-state index < -0.39 is 0 Å². The van der Waals surface area contributed by atoms with Gasteiger partial charge in [0.2, 0.25) is 0 Å². The fraction of sp³-hybridized carbons (Fsp3) is 0.438. The number of rotatable bonds is 7. The molecule has 0 fully saturated rings. The second kappa shape index (κ2) is 7.41. The van der Waals surface area contributed by atoms with E-state index in [0.717, 1.165) is 35.0 Å². The van der Waals surface area contributed by atoms with Gasteiger partial charge in [-0.2, -0.15) is 0 Å². The van der Waals surface area contributed by atoms with Crippen LogP contribution in [0.25, 0.3) is 10.6 Å². The van der Waals surface area contributed by atoms with Gasteiger partial charge in [0.15, 0.2) is 0 Å². The Bertz CT molecular complexity index is 522. The van der Waals surface area contributed by atoms with E-state index in [1.165, 1.54) is 0 Å². The SMILES string of the molecule is CCOc1ccc(-c2nc(CNC(C)CC)cs2)cc1. The lowest BCUT2D eigenvalue weighted by Crippen LogP contribution is -2.24. The van der Waals surface area contributed by atoms with E-state index in [1.54, 1.807) is 11.3 Å². The van der Waals surface area contributed by atoms with Crippen LogP contribution in [0.3, 0.4) is 0 Å². The van der Waals surface area contributed by atoms with Crippen LogP contribution in [0.4, 0.5) is 0 Å². The molecule has 1 atom stereocenters. The molecule has 1 heterocycles. The zero-order valence-corrected chi connectivity index (χ0v) is 13.2. The lowest BCUT2D eigenvalue weighted by Gasteiger charge is -2.08. The molecule has 0 bridgehead atoms. The Morgan fingerprint density at radius 3 is 2.65 bits per heavy atom. The summed E-state index contributed by atoms with van der Waals surface area (Å²) in [4.78, 5) is 4.68. The monoisotopic (exact) mass is 290 g/mol. The molecule has 0 radical (unpaired) electrons. The molecule has 0 saturated heterocycles. The van der Waals surface area contributed by atoms with Crippen LogP contribution >= 0.6 is 11.3 Å². The van der Waals surface area contributed by atoms with Gasteiger partial charge < -0.3 is 10.1 Å². The minimum Gasteiger partial charge on any atom is -0.494 e. The van der Waals surface area contributed by atoms with Crippen molar-refractivity contribution in [2.24, 2.45) is 0 Å². The first-order valence-electron chi connectivity index (χ1n) is 7.14. The third-order valence-electron chi connectivity index (χ3n) is 3.21. The molecule has 1 aromatic carbocycles.